The van der Waals surface area contributed by atoms with Crippen molar-refractivity contribution in [3.8, 4) is 0 Å². The van der Waals surface area contributed by atoms with Gasteiger partial charge in [-0.05, 0) is 37.3 Å². The number of carbonyl (C=O) groups excluding carboxylic acids is 1. The molecule has 0 spiro atoms. The van der Waals surface area contributed by atoms with E-state index in [0.29, 0.717) is 4.88 Å². The van der Waals surface area contributed by atoms with Crippen LogP contribution in [-0.2, 0) is 29.9 Å². The lowest BCUT2D eigenvalue weighted by atomic mass is 10.00. The molecule has 2 aromatic heterocycles. The number of nitrogens with zero attached hydrogens (tertiary/aromatic N) is 2. The van der Waals surface area contributed by atoms with Gasteiger partial charge in [0.1, 0.15) is 5.15 Å². The van der Waals surface area contributed by atoms with Crippen molar-refractivity contribution in [1.29, 1.82) is 0 Å². The number of thiophene rings is 1. The second kappa shape index (κ2) is 7.45. The number of sulfonamides is 1. The highest BCUT2D eigenvalue weighted by Gasteiger charge is 2.24. The van der Waals surface area contributed by atoms with Gasteiger partial charge in [-0.15, -0.1) is 16.2 Å². The average Bonchev–Trinajstić information content (AvgIpc) is 3.09. The minimum atomic E-state index is -4.03. The van der Waals surface area contributed by atoms with Crippen molar-refractivity contribution in [2.24, 2.45) is 7.05 Å². The van der Waals surface area contributed by atoms with E-state index in [2.05, 4.69) is 15.2 Å². The molecule has 1 aliphatic carbocycles. The number of hydrazine groups is 1. The normalized spacial score (nSPS) is 15.3. The third kappa shape index (κ3) is 4.05. The van der Waals surface area contributed by atoms with Crippen LogP contribution < -0.4 is 10.3 Å². The molecule has 2 heterocycles. The number of halogens is 1. The monoisotopic (exact) mass is 402 g/mol. The molecule has 0 radical (unpaired) electrons. The number of imidazole rings is 1. The van der Waals surface area contributed by atoms with Crippen molar-refractivity contribution in [2.75, 3.05) is 0 Å². The second-order valence-electron chi connectivity index (χ2n) is 5.98. The van der Waals surface area contributed by atoms with Gasteiger partial charge in [-0.25, -0.2) is 13.4 Å². The summed E-state index contributed by atoms with van der Waals surface area (Å²) in [6, 6.07) is 1.86. The Balaban J connectivity index is 1.70. The van der Waals surface area contributed by atoms with Gasteiger partial charge in [-0.3, -0.25) is 10.2 Å². The van der Waals surface area contributed by atoms with Gasteiger partial charge in [0.05, 0.1) is 11.2 Å². The topological polar surface area (TPSA) is 93.1 Å². The number of hydrogen-bond donors (Lipinski definition) is 2. The smallest absolute Gasteiger partial charge is 0.277 e. The van der Waals surface area contributed by atoms with Gasteiger partial charge < -0.3 is 4.57 Å². The Morgan fingerprint density at radius 1 is 1.28 bits per heavy atom. The first-order valence-corrected chi connectivity index (χ1v) is 10.7. The molecule has 0 unspecified atom stereocenters. The van der Waals surface area contributed by atoms with E-state index in [-0.39, 0.29) is 10.2 Å². The summed E-state index contributed by atoms with van der Waals surface area (Å²) in [5, 5.41) is -0.351. The Morgan fingerprint density at radius 2 is 2.00 bits per heavy atom. The number of fused-ring (bicyclic) bond motifs is 1. The number of aryl methyl sites for hydroxylation is 3. The standard InChI is InChI=1S/C15H19ClN4O3S2/c1-20-9-17-15(13(20)16)25(22,23)19-18-14(21)12-8-10-6-4-2-3-5-7-11(10)24-12/h8-9,19H,2-7H2,1H3,(H,18,21). The average molecular weight is 403 g/mol. The molecule has 1 amide bonds. The predicted molar refractivity (Wildman–Crippen MR) is 96.2 cm³/mol. The lowest BCUT2D eigenvalue weighted by Gasteiger charge is -2.07. The van der Waals surface area contributed by atoms with E-state index in [4.69, 9.17) is 11.6 Å². The number of carbonyl (C=O) groups is 1. The van der Waals surface area contributed by atoms with Crippen LogP contribution >= 0.6 is 22.9 Å². The van der Waals surface area contributed by atoms with Crippen LogP contribution in [0.4, 0.5) is 0 Å². The molecule has 2 N–H and O–H groups in total. The van der Waals surface area contributed by atoms with Crippen molar-refractivity contribution >= 4 is 38.9 Å². The summed E-state index contributed by atoms with van der Waals surface area (Å²) in [4.78, 5) is 19.8. The highest BCUT2D eigenvalue weighted by atomic mass is 35.5. The fraction of sp³-hybridized carbons (Fsp3) is 0.467. The first kappa shape index (κ1) is 18.4. The molecule has 0 saturated carbocycles. The quantitative estimate of drug-likeness (QED) is 0.768. The van der Waals surface area contributed by atoms with Gasteiger partial charge in [0.25, 0.3) is 15.9 Å². The van der Waals surface area contributed by atoms with Crippen LogP contribution in [-0.4, -0.2) is 23.9 Å². The van der Waals surface area contributed by atoms with Crippen molar-refractivity contribution in [3.05, 3.63) is 32.9 Å². The molecule has 136 valence electrons. The number of rotatable bonds is 4. The zero-order valence-corrected chi connectivity index (χ0v) is 16.1. The van der Waals surface area contributed by atoms with Crippen LogP contribution in [0.5, 0.6) is 0 Å². The maximum Gasteiger partial charge on any atom is 0.277 e. The number of aromatic nitrogens is 2. The molecule has 1 aliphatic rings. The van der Waals surface area contributed by atoms with Gasteiger partial charge >= 0.3 is 0 Å². The molecule has 3 rings (SSSR count). The zero-order valence-electron chi connectivity index (χ0n) is 13.7. The molecule has 0 bridgehead atoms. The Hall–Kier alpha value is -1.42. The molecule has 10 heteroatoms. The summed E-state index contributed by atoms with van der Waals surface area (Å²) >= 11 is 7.32. The summed E-state index contributed by atoms with van der Waals surface area (Å²) in [5.74, 6) is -0.479. The molecule has 25 heavy (non-hydrogen) atoms. The molecule has 7 nitrogen and oxygen atoms in total. The fourth-order valence-corrected chi connectivity index (χ4v) is 5.18. The Labute approximate surface area is 155 Å². The maximum absolute atomic E-state index is 12.3. The summed E-state index contributed by atoms with van der Waals surface area (Å²) in [7, 11) is -2.45. The van der Waals surface area contributed by atoms with E-state index >= 15 is 0 Å². The lowest BCUT2D eigenvalue weighted by molar-refractivity contribution is 0.0949. The van der Waals surface area contributed by atoms with Gasteiger partial charge in [0, 0.05) is 11.9 Å². The van der Waals surface area contributed by atoms with E-state index in [0.717, 1.165) is 25.7 Å². The van der Waals surface area contributed by atoms with Crippen molar-refractivity contribution in [2.45, 2.75) is 43.6 Å². The Morgan fingerprint density at radius 3 is 2.68 bits per heavy atom. The largest absolute Gasteiger partial charge is 0.324 e. The first-order chi connectivity index (χ1) is 11.9. The van der Waals surface area contributed by atoms with E-state index < -0.39 is 15.9 Å². The zero-order chi connectivity index (χ0) is 18.0. The number of amides is 1. The molecule has 0 aromatic carbocycles. The molecular weight excluding hydrogens is 384 g/mol. The van der Waals surface area contributed by atoms with Crippen LogP contribution in [0.1, 0.15) is 45.8 Å². The van der Waals surface area contributed by atoms with Crippen LogP contribution in [0.3, 0.4) is 0 Å². The first-order valence-electron chi connectivity index (χ1n) is 7.99. The molecule has 0 fully saturated rings. The summed E-state index contributed by atoms with van der Waals surface area (Å²) in [6.07, 6.45) is 7.90. The summed E-state index contributed by atoms with van der Waals surface area (Å²) in [5.41, 5.74) is 3.44. The predicted octanol–water partition coefficient (Wildman–Crippen LogP) is 2.42. The van der Waals surface area contributed by atoms with Gasteiger partial charge in [-0.1, -0.05) is 24.4 Å². The Kier molecular flexibility index (Phi) is 5.47. The van der Waals surface area contributed by atoms with Crippen LogP contribution in [0.25, 0.3) is 0 Å². The highest BCUT2D eigenvalue weighted by molar-refractivity contribution is 7.89. The third-order valence-corrected chi connectivity index (χ3v) is 7.08. The fourth-order valence-electron chi connectivity index (χ4n) is 2.75. The minimum absolute atomic E-state index is 0.0270. The molecule has 0 saturated heterocycles. The van der Waals surface area contributed by atoms with Crippen LogP contribution in [0.2, 0.25) is 5.15 Å². The van der Waals surface area contributed by atoms with E-state index in [1.807, 2.05) is 6.07 Å². The van der Waals surface area contributed by atoms with Gasteiger partial charge in [-0.2, -0.15) is 0 Å². The summed E-state index contributed by atoms with van der Waals surface area (Å²) < 4.78 is 25.8. The van der Waals surface area contributed by atoms with E-state index in [9.17, 15) is 13.2 Å². The van der Waals surface area contributed by atoms with E-state index in [1.54, 1.807) is 7.05 Å². The molecule has 0 aliphatic heterocycles. The van der Waals surface area contributed by atoms with Gasteiger partial charge in [0.2, 0.25) is 5.03 Å². The van der Waals surface area contributed by atoms with Crippen molar-refractivity contribution in [3.63, 3.8) is 0 Å². The van der Waals surface area contributed by atoms with Gasteiger partial charge in [0.15, 0.2) is 0 Å². The van der Waals surface area contributed by atoms with Crippen molar-refractivity contribution < 1.29 is 13.2 Å². The summed E-state index contributed by atoms with van der Waals surface area (Å²) in [6.45, 7) is 0. The lowest BCUT2D eigenvalue weighted by Crippen LogP contribution is -2.41. The van der Waals surface area contributed by atoms with E-state index in [1.165, 1.54) is 45.5 Å². The van der Waals surface area contributed by atoms with Crippen LogP contribution in [0.15, 0.2) is 17.4 Å². The highest BCUT2D eigenvalue weighted by Crippen LogP contribution is 2.28. The second-order valence-corrected chi connectivity index (χ2v) is 9.08. The minimum Gasteiger partial charge on any atom is -0.324 e. The maximum atomic E-state index is 12.3. The molecular formula is C15H19ClN4O3S2. The third-order valence-electron chi connectivity index (χ3n) is 4.11. The number of hydrogen-bond acceptors (Lipinski definition) is 5. The molecule has 2 aromatic rings. The SMILES string of the molecule is Cn1cnc(S(=O)(=O)NNC(=O)c2cc3c(s2)CCCCCC3)c1Cl. The van der Waals surface area contributed by atoms with Crippen LogP contribution in [0, 0.1) is 0 Å². The van der Waals surface area contributed by atoms with Crippen molar-refractivity contribution in [1.82, 2.24) is 19.8 Å². The molecule has 0 atom stereocenters. The number of nitrogens with one attached hydrogen (secondary N) is 2. The Bertz CT molecular complexity index is 863.